The predicted octanol–water partition coefficient (Wildman–Crippen LogP) is 4.72. The fraction of sp³-hybridized carbons (Fsp3) is 0.263. The monoisotopic (exact) mass is 460 g/mol. The van der Waals surface area contributed by atoms with Gasteiger partial charge in [-0.3, -0.25) is 9.55 Å². The maximum absolute atomic E-state index is 6.28. The second-order valence-electron chi connectivity index (χ2n) is 6.44. The van der Waals surface area contributed by atoms with E-state index in [-0.39, 0.29) is 0 Å². The number of hydrogen-bond acceptors (Lipinski definition) is 7. The quantitative estimate of drug-likeness (QED) is 0.351. The highest BCUT2D eigenvalue weighted by Gasteiger charge is 2.18. The maximum atomic E-state index is 6.28. The van der Waals surface area contributed by atoms with E-state index in [9.17, 15) is 0 Å². The average Bonchev–Trinajstić information content (AvgIpc) is 3.40. The van der Waals surface area contributed by atoms with Crippen LogP contribution in [0.25, 0.3) is 17.1 Å². The number of hydrogen-bond donors (Lipinski definition) is 0. The van der Waals surface area contributed by atoms with Gasteiger partial charge in [0.05, 0.1) is 21.5 Å². The van der Waals surface area contributed by atoms with E-state index in [1.807, 2.05) is 27.4 Å². The summed E-state index contributed by atoms with van der Waals surface area (Å²) in [5.41, 5.74) is 1.71. The third kappa shape index (κ3) is 4.48. The van der Waals surface area contributed by atoms with E-state index < -0.39 is 0 Å². The molecule has 3 aromatic heterocycles. The van der Waals surface area contributed by atoms with Crippen molar-refractivity contribution in [1.82, 2.24) is 40.0 Å². The largest absolute Gasteiger partial charge is 0.270 e. The Morgan fingerprint density at radius 1 is 1.00 bits per heavy atom. The molecule has 0 spiro atoms. The molecule has 0 fully saturated rings. The molecule has 8 nitrogen and oxygen atoms in total. The zero-order chi connectivity index (χ0) is 20.9. The van der Waals surface area contributed by atoms with Crippen LogP contribution in [0, 0.1) is 0 Å². The second kappa shape index (κ2) is 9.55. The van der Waals surface area contributed by atoms with E-state index in [1.165, 1.54) is 11.8 Å². The number of pyridine rings is 1. The molecule has 1 aromatic carbocycles. The minimum absolute atomic E-state index is 0.461. The van der Waals surface area contributed by atoms with Crippen molar-refractivity contribution in [3.8, 4) is 17.1 Å². The van der Waals surface area contributed by atoms with Crippen LogP contribution in [0.1, 0.15) is 25.6 Å². The summed E-state index contributed by atoms with van der Waals surface area (Å²) in [7, 11) is 0. The van der Waals surface area contributed by atoms with Crippen molar-refractivity contribution >= 4 is 35.0 Å². The van der Waals surface area contributed by atoms with Gasteiger partial charge in [0, 0.05) is 24.5 Å². The van der Waals surface area contributed by atoms with Crippen molar-refractivity contribution in [1.29, 1.82) is 0 Å². The molecular formula is C19H18Cl2N8S. The number of nitrogens with zero attached hydrogens (tertiary/aromatic N) is 8. The van der Waals surface area contributed by atoms with Gasteiger partial charge in [0.15, 0.2) is 16.8 Å². The molecule has 0 atom stereocenters. The molecule has 4 aromatic rings. The summed E-state index contributed by atoms with van der Waals surface area (Å²) in [6.07, 6.45) is 5.54. The van der Waals surface area contributed by atoms with Gasteiger partial charge in [0.25, 0.3) is 0 Å². The van der Waals surface area contributed by atoms with E-state index in [0.29, 0.717) is 26.8 Å². The average molecular weight is 461 g/mol. The molecule has 0 radical (unpaired) electrons. The van der Waals surface area contributed by atoms with E-state index >= 15 is 0 Å². The Kier molecular flexibility index (Phi) is 6.61. The lowest BCUT2D eigenvalue weighted by Crippen LogP contribution is -2.06. The normalized spacial score (nSPS) is 11.2. The minimum Gasteiger partial charge on any atom is -0.270 e. The van der Waals surface area contributed by atoms with Gasteiger partial charge in [-0.05, 0) is 47.2 Å². The topological polar surface area (TPSA) is 87.2 Å². The molecule has 0 saturated carbocycles. The lowest BCUT2D eigenvalue weighted by atomic mass is 10.2. The molecule has 0 saturated heterocycles. The van der Waals surface area contributed by atoms with E-state index in [0.717, 1.165) is 36.5 Å². The van der Waals surface area contributed by atoms with Crippen molar-refractivity contribution in [3.63, 3.8) is 0 Å². The van der Waals surface area contributed by atoms with E-state index in [2.05, 4.69) is 37.6 Å². The van der Waals surface area contributed by atoms with E-state index in [1.54, 1.807) is 24.5 Å². The van der Waals surface area contributed by atoms with Crippen LogP contribution in [0.15, 0.2) is 47.9 Å². The summed E-state index contributed by atoms with van der Waals surface area (Å²) in [6.45, 7) is 2.93. The number of aryl methyl sites for hydroxylation is 1. The molecule has 0 aliphatic heterocycles. The first-order valence-corrected chi connectivity index (χ1v) is 11.1. The van der Waals surface area contributed by atoms with Gasteiger partial charge in [0.1, 0.15) is 0 Å². The van der Waals surface area contributed by atoms with Crippen LogP contribution in [0.5, 0.6) is 0 Å². The summed E-state index contributed by atoms with van der Waals surface area (Å²) in [5, 5.41) is 22.5. The third-order valence-electron chi connectivity index (χ3n) is 4.39. The van der Waals surface area contributed by atoms with Crippen LogP contribution >= 0.6 is 35.0 Å². The van der Waals surface area contributed by atoms with Gasteiger partial charge in [-0.2, -0.15) is 0 Å². The molecule has 30 heavy (non-hydrogen) atoms. The summed E-state index contributed by atoms with van der Waals surface area (Å²) < 4.78 is 3.78. The van der Waals surface area contributed by atoms with Gasteiger partial charge in [-0.25, -0.2) is 4.68 Å². The molecule has 4 rings (SSSR count). The van der Waals surface area contributed by atoms with Gasteiger partial charge in [0.2, 0.25) is 0 Å². The highest BCUT2D eigenvalue weighted by Crippen LogP contribution is 2.32. The summed E-state index contributed by atoms with van der Waals surface area (Å²) in [4.78, 5) is 4.08. The number of tetrazole rings is 1. The number of rotatable bonds is 8. The van der Waals surface area contributed by atoms with Crippen LogP contribution in [0.3, 0.4) is 0 Å². The second-order valence-corrected chi connectivity index (χ2v) is 8.19. The van der Waals surface area contributed by atoms with Crippen LogP contribution in [-0.4, -0.2) is 40.0 Å². The zero-order valence-electron chi connectivity index (χ0n) is 16.1. The summed E-state index contributed by atoms with van der Waals surface area (Å²) in [5.74, 6) is 2.04. The Morgan fingerprint density at radius 2 is 1.83 bits per heavy atom. The van der Waals surface area contributed by atoms with Crippen LogP contribution in [0.2, 0.25) is 10.0 Å². The fourth-order valence-corrected chi connectivity index (χ4v) is 4.02. The molecular weight excluding hydrogens is 443 g/mol. The van der Waals surface area contributed by atoms with Crippen LogP contribution < -0.4 is 0 Å². The Hall–Kier alpha value is -2.49. The Bertz CT molecular complexity index is 1130. The third-order valence-corrected chi connectivity index (χ3v) is 6.06. The van der Waals surface area contributed by atoms with Crippen molar-refractivity contribution in [2.45, 2.75) is 37.2 Å². The number of thioether (sulfide) groups is 1. The van der Waals surface area contributed by atoms with Crippen molar-refractivity contribution < 1.29 is 0 Å². The number of aromatic nitrogens is 8. The molecule has 0 amide bonds. The molecule has 3 heterocycles. The van der Waals surface area contributed by atoms with Gasteiger partial charge >= 0.3 is 0 Å². The van der Waals surface area contributed by atoms with Gasteiger partial charge in [-0.15, -0.1) is 15.3 Å². The lowest BCUT2D eigenvalue weighted by Gasteiger charge is -2.11. The Balaban J connectivity index is 1.69. The van der Waals surface area contributed by atoms with Gasteiger partial charge in [-0.1, -0.05) is 48.3 Å². The van der Waals surface area contributed by atoms with Crippen molar-refractivity contribution in [3.05, 3.63) is 58.6 Å². The lowest BCUT2D eigenvalue weighted by molar-refractivity contribution is 0.540. The van der Waals surface area contributed by atoms with Crippen LogP contribution in [-0.2, 0) is 12.3 Å². The molecule has 0 aliphatic carbocycles. The zero-order valence-corrected chi connectivity index (χ0v) is 18.4. The molecule has 0 bridgehead atoms. The number of benzene rings is 1. The minimum atomic E-state index is 0.461. The molecule has 11 heteroatoms. The summed E-state index contributed by atoms with van der Waals surface area (Å²) in [6, 6.07) is 9.22. The van der Waals surface area contributed by atoms with Crippen molar-refractivity contribution in [2.75, 3.05) is 0 Å². The highest BCUT2D eigenvalue weighted by atomic mass is 35.5. The fourth-order valence-electron chi connectivity index (χ4n) is 2.85. The smallest absolute Gasteiger partial charge is 0.196 e. The molecule has 0 N–H and O–H groups in total. The first-order chi connectivity index (χ1) is 14.7. The molecule has 154 valence electrons. The maximum Gasteiger partial charge on any atom is 0.196 e. The molecule has 0 aliphatic rings. The van der Waals surface area contributed by atoms with E-state index in [4.69, 9.17) is 23.2 Å². The van der Waals surface area contributed by atoms with Crippen molar-refractivity contribution in [2.24, 2.45) is 0 Å². The predicted molar refractivity (Wildman–Crippen MR) is 117 cm³/mol. The number of unbranched alkanes of at least 4 members (excludes halogenated alkanes) is 1. The summed E-state index contributed by atoms with van der Waals surface area (Å²) >= 11 is 13.9. The molecule has 0 unspecified atom stereocenters. The first kappa shape index (κ1) is 20.8. The Morgan fingerprint density at radius 3 is 2.60 bits per heavy atom. The standard InChI is InChI=1S/C19H18Cl2N8S/c1-2-3-10-28-17(23-26-27-28)12-30-19-25-24-18(13-6-8-22-9-7-13)29(19)14-4-5-15(20)16(21)11-14/h4-9,11H,2-3,10,12H2,1H3. The van der Waals surface area contributed by atoms with Gasteiger partial charge < -0.3 is 0 Å². The SMILES string of the molecule is CCCCn1nnnc1CSc1nnc(-c2ccncc2)n1-c1ccc(Cl)c(Cl)c1. The Labute approximate surface area is 187 Å². The first-order valence-electron chi connectivity index (χ1n) is 9.36. The highest BCUT2D eigenvalue weighted by molar-refractivity contribution is 7.98. The van der Waals surface area contributed by atoms with Crippen LogP contribution in [0.4, 0.5) is 0 Å². The number of halogens is 2.